The molecule has 0 amide bonds. The Hall–Kier alpha value is -2.52. The molecule has 0 saturated heterocycles. The van der Waals surface area contributed by atoms with Gasteiger partial charge in [0.1, 0.15) is 17.3 Å². The molecule has 2 aromatic carbocycles. The Morgan fingerprint density at radius 1 is 1.24 bits per heavy atom. The van der Waals surface area contributed by atoms with Gasteiger partial charge in [-0.3, -0.25) is 0 Å². The summed E-state index contributed by atoms with van der Waals surface area (Å²) in [6.07, 6.45) is 1.67. The number of benzene rings is 2. The third kappa shape index (κ3) is 2.56. The van der Waals surface area contributed by atoms with Gasteiger partial charge in [0.05, 0.1) is 5.52 Å². The third-order valence-corrected chi connectivity index (χ3v) is 3.47. The highest BCUT2D eigenvalue weighted by molar-refractivity contribution is 9.10. The molecule has 0 spiro atoms. The number of allylic oxidation sites excluding steroid dienone is 1. The molecule has 0 N–H and O–H groups in total. The largest absolute Gasteiger partial charge is 0.204 e. The quantitative estimate of drug-likeness (QED) is 0.664. The fourth-order valence-electron chi connectivity index (χ4n) is 1.95. The minimum Gasteiger partial charge on any atom is -0.204 e. The summed E-state index contributed by atoms with van der Waals surface area (Å²) in [7, 11) is 0. The lowest BCUT2D eigenvalue weighted by atomic mass is 10.2. The van der Waals surface area contributed by atoms with Gasteiger partial charge in [-0.05, 0) is 35.9 Å². The summed E-state index contributed by atoms with van der Waals surface area (Å²) < 4.78 is 15.9. The van der Waals surface area contributed by atoms with Gasteiger partial charge in [-0.2, -0.15) is 5.26 Å². The molecule has 3 rings (SSSR count). The summed E-state index contributed by atoms with van der Waals surface area (Å²) in [5.41, 5.74) is 1.72. The van der Waals surface area contributed by atoms with Crippen LogP contribution in [0.3, 0.4) is 0 Å². The standard InChI is InChI=1S/C15H8BrFN4/c16-11-6-4-10(5-7-11)8-12(9-18)21-14-3-1-2-13(17)15(14)19-20-21/h1-8H/b12-8+. The molecule has 0 aliphatic carbocycles. The van der Waals surface area contributed by atoms with E-state index in [9.17, 15) is 9.65 Å². The number of nitrogens with zero attached hydrogens (tertiary/aromatic N) is 4. The summed E-state index contributed by atoms with van der Waals surface area (Å²) >= 11 is 3.35. The Labute approximate surface area is 128 Å². The van der Waals surface area contributed by atoms with E-state index in [1.54, 1.807) is 18.2 Å². The normalized spacial score (nSPS) is 11.6. The van der Waals surface area contributed by atoms with E-state index >= 15 is 0 Å². The summed E-state index contributed by atoms with van der Waals surface area (Å²) in [6, 6.07) is 14.1. The van der Waals surface area contributed by atoms with Crippen LogP contribution >= 0.6 is 15.9 Å². The van der Waals surface area contributed by atoms with Crippen molar-refractivity contribution in [2.24, 2.45) is 0 Å². The monoisotopic (exact) mass is 342 g/mol. The molecular formula is C15H8BrFN4. The highest BCUT2D eigenvalue weighted by atomic mass is 79.9. The van der Waals surface area contributed by atoms with Crippen molar-refractivity contribution in [3.05, 3.63) is 58.3 Å². The van der Waals surface area contributed by atoms with Crippen molar-refractivity contribution in [2.75, 3.05) is 0 Å². The smallest absolute Gasteiger partial charge is 0.153 e. The molecule has 6 heteroatoms. The molecule has 0 aliphatic heterocycles. The second kappa shape index (κ2) is 5.46. The van der Waals surface area contributed by atoms with E-state index in [1.807, 2.05) is 24.3 Å². The fraction of sp³-hybridized carbons (Fsp3) is 0. The highest BCUT2D eigenvalue weighted by Gasteiger charge is 2.11. The first-order valence-electron chi connectivity index (χ1n) is 6.07. The molecule has 0 atom stereocenters. The SMILES string of the molecule is N#C/C(=C\c1ccc(Br)cc1)n1nnc2c(F)cccc21. The van der Waals surface area contributed by atoms with Gasteiger partial charge < -0.3 is 0 Å². The zero-order valence-electron chi connectivity index (χ0n) is 10.7. The van der Waals surface area contributed by atoms with Crippen LogP contribution in [-0.4, -0.2) is 15.0 Å². The molecule has 1 aromatic heterocycles. The Balaban J connectivity index is 2.13. The van der Waals surface area contributed by atoms with Crippen molar-refractivity contribution in [1.82, 2.24) is 15.0 Å². The molecule has 1 heterocycles. The average molecular weight is 343 g/mol. The molecule has 102 valence electrons. The van der Waals surface area contributed by atoms with Gasteiger partial charge in [0.25, 0.3) is 0 Å². The van der Waals surface area contributed by atoms with Crippen LogP contribution < -0.4 is 0 Å². The van der Waals surface area contributed by atoms with E-state index in [0.29, 0.717) is 5.52 Å². The number of hydrogen-bond donors (Lipinski definition) is 0. The lowest BCUT2D eigenvalue weighted by Gasteiger charge is -2.00. The minimum absolute atomic E-state index is 0.148. The zero-order valence-corrected chi connectivity index (χ0v) is 12.2. The van der Waals surface area contributed by atoms with Gasteiger partial charge >= 0.3 is 0 Å². The van der Waals surface area contributed by atoms with E-state index in [2.05, 4.69) is 32.3 Å². The van der Waals surface area contributed by atoms with Crippen LogP contribution in [0.1, 0.15) is 5.56 Å². The second-order valence-corrected chi connectivity index (χ2v) is 5.22. The molecule has 0 aliphatic rings. The number of halogens is 2. The van der Waals surface area contributed by atoms with Crippen LogP contribution in [0.15, 0.2) is 46.9 Å². The number of nitriles is 1. The molecule has 0 bridgehead atoms. The van der Waals surface area contributed by atoms with Gasteiger partial charge in [0.2, 0.25) is 0 Å². The van der Waals surface area contributed by atoms with E-state index in [0.717, 1.165) is 10.0 Å². The summed E-state index contributed by atoms with van der Waals surface area (Å²) in [6.45, 7) is 0. The van der Waals surface area contributed by atoms with Crippen molar-refractivity contribution < 1.29 is 4.39 Å². The number of rotatable bonds is 2. The predicted molar refractivity (Wildman–Crippen MR) is 81.4 cm³/mol. The van der Waals surface area contributed by atoms with Crippen LogP contribution in [0.2, 0.25) is 0 Å². The van der Waals surface area contributed by atoms with Crippen molar-refractivity contribution in [1.29, 1.82) is 5.26 Å². The van der Waals surface area contributed by atoms with Crippen molar-refractivity contribution in [3.8, 4) is 6.07 Å². The third-order valence-electron chi connectivity index (χ3n) is 2.94. The van der Waals surface area contributed by atoms with Gasteiger partial charge in [-0.25, -0.2) is 9.07 Å². The Morgan fingerprint density at radius 2 is 2.00 bits per heavy atom. The van der Waals surface area contributed by atoms with Gasteiger partial charge in [-0.1, -0.05) is 39.3 Å². The summed E-state index contributed by atoms with van der Waals surface area (Å²) in [5.74, 6) is -0.459. The zero-order chi connectivity index (χ0) is 14.8. The molecule has 0 fully saturated rings. The maximum atomic E-state index is 13.6. The van der Waals surface area contributed by atoms with Crippen molar-refractivity contribution >= 4 is 38.7 Å². The van der Waals surface area contributed by atoms with Crippen LogP contribution in [-0.2, 0) is 0 Å². The lowest BCUT2D eigenvalue weighted by molar-refractivity contribution is 0.636. The van der Waals surface area contributed by atoms with E-state index in [-0.39, 0.29) is 11.2 Å². The Bertz CT molecular complexity index is 875. The Morgan fingerprint density at radius 3 is 2.71 bits per heavy atom. The van der Waals surface area contributed by atoms with Gasteiger partial charge in [0, 0.05) is 4.47 Å². The van der Waals surface area contributed by atoms with Crippen LogP contribution in [0, 0.1) is 17.1 Å². The van der Waals surface area contributed by atoms with Crippen LogP contribution in [0.4, 0.5) is 4.39 Å². The number of aromatic nitrogens is 3. The minimum atomic E-state index is -0.459. The predicted octanol–water partition coefficient (Wildman–Crippen LogP) is 3.85. The maximum absolute atomic E-state index is 13.6. The van der Waals surface area contributed by atoms with Crippen LogP contribution in [0.5, 0.6) is 0 Å². The first kappa shape index (κ1) is 13.5. The average Bonchev–Trinajstić information content (AvgIpc) is 2.92. The molecule has 21 heavy (non-hydrogen) atoms. The Kier molecular flexibility index (Phi) is 3.50. The van der Waals surface area contributed by atoms with Crippen LogP contribution in [0.25, 0.3) is 22.8 Å². The van der Waals surface area contributed by atoms with E-state index in [4.69, 9.17) is 0 Å². The lowest BCUT2D eigenvalue weighted by Crippen LogP contribution is -1.97. The summed E-state index contributed by atoms with van der Waals surface area (Å²) in [4.78, 5) is 0. The first-order valence-corrected chi connectivity index (χ1v) is 6.86. The van der Waals surface area contributed by atoms with E-state index < -0.39 is 5.82 Å². The highest BCUT2D eigenvalue weighted by Crippen LogP contribution is 2.20. The number of hydrogen-bond acceptors (Lipinski definition) is 3. The molecule has 4 nitrogen and oxygen atoms in total. The summed E-state index contributed by atoms with van der Waals surface area (Å²) in [5, 5.41) is 17.0. The fourth-order valence-corrected chi connectivity index (χ4v) is 2.21. The second-order valence-electron chi connectivity index (χ2n) is 4.30. The molecule has 3 aromatic rings. The molecule has 0 unspecified atom stereocenters. The molecule has 0 saturated carbocycles. The van der Waals surface area contributed by atoms with Gasteiger partial charge in [-0.15, -0.1) is 5.10 Å². The van der Waals surface area contributed by atoms with Gasteiger partial charge in [0.15, 0.2) is 5.82 Å². The molecular weight excluding hydrogens is 335 g/mol. The van der Waals surface area contributed by atoms with E-state index in [1.165, 1.54) is 10.7 Å². The van der Waals surface area contributed by atoms with Crippen molar-refractivity contribution in [3.63, 3.8) is 0 Å². The first-order chi connectivity index (χ1) is 10.2. The van der Waals surface area contributed by atoms with Crippen molar-refractivity contribution in [2.45, 2.75) is 0 Å². The topological polar surface area (TPSA) is 54.5 Å². The number of fused-ring (bicyclic) bond motifs is 1. The molecule has 0 radical (unpaired) electrons. The maximum Gasteiger partial charge on any atom is 0.153 e.